The highest BCUT2D eigenvalue weighted by Gasteiger charge is 1.87. The Labute approximate surface area is 82.1 Å². The van der Waals surface area contributed by atoms with Crippen molar-refractivity contribution in [2.24, 2.45) is 0 Å². The summed E-state index contributed by atoms with van der Waals surface area (Å²) in [6.07, 6.45) is 3.65. The maximum absolute atomic E-state index is 5.44. The first-order valence-corrected chi connectivity index (χ1v) is 4.37. The average Bonchev–Trinajstić information content (AvgIpc) is 2.06. The van der Waals surface area contributed by atoms with Crippen LogP contribution in [0.4, 0.5) is 0 Å². The van der Waals surface area contributed by atoms with Crippen LogP contribution in [0.5, 0.6) is 0 Å². The van der Waals surface area contributed by atoms with E-state index >= 15 is 0 Å². The van der Waals surface area contributed by atoms with Gasteiger partial charge in [0, 0.05) is 11.1 Å². The predicted molar refractivity (Wildman–Crippen MR) is 56.2 cm³/mol. The Balaban J connectivity index is 2.95. The van der Waals surface area contributed by atoms with Crippen LogP contribution in [0.3, 0.4) is 0 Å². The molecular formula is C10H8Cl2. The molecule has 0 unspecified atom stereocenters. The summed E-state index contributed by atoms with van der Waals surface area (Å²) in [5.41, 5.74) is 5.11. The lowest BCUT2D eigenvalue weighted by Crippen LogP contribution is -1.73. The second-order valence-corrected chi connectivity index (χ2v) is 2.76. The van der Waals surface area contributed by atoms with Crippen LogP contribution < -0.4 is 0 Å². The van der Waals surface area contributed by atoms with Gasteiger partial charge in [-0.05, 0) is 29.3 Å². The summed E-state index contributed by atoms with van der Waals surface area (Å²) in [6.45, 7) is 0. The van der Waals surface area contributed by atoms with Crippen molar-refractivity contribution in [1.82, 2.24) is 0 Å². The van der Waals surface area contributed by atoms with Crippen LogP contribution in [0.2, 0.25) is 0 Å². The highest BCUT2D eigenvalue weighted by molar-refractivity contribution is 6.27. The summed E-state index contributed by atoms with van der Waals surface area (Å²) in [5.74, 6) is 0. The Morgan fingerprint density at radius 1 is 0.917 bits per heavy atom. The molecule has 1 aromatic rings. The Hall–Kier alpha value is -0.720. The van der Waals surface area contributed by atoms with Crippen molar-refractivity contribution >= 4 is 35.4 Å². The van der Waals surface area contributed by atoms with Gasteiger partial charge in [-0.1, -0.05) is 41.4 Å². The summed E-state index contributed by atoms with van der Waals surface area (Å²) in [5, 5.41) is 0. The lowest BCUT2D eigenvalue weighted by Gasteiger charge is -1.94. The van der Waals surface area contributed by atoms with E-state index in [0.717, 1.165) is 11.1 Å². The first-order valence-electron chi connectivity index (χ1n) is 3.50. The van der Waals surface area contributed by atoms with Gasteiger partial charge >= 0.3 is 0 Å². The highest BCUT2D eigenvalue weighted by Crippen LogP contribution is 2.09. The van der Waals surface area contributed by atoms with Crippen molar-refractivity contribution in [3.05, 3.63) is 46.5 Å². The van der Waals surface area contributed by atoms with Crippen molar-refractivity contribution in [3.8, 4) is 0 Å². The molecule has 62 valence electrons. The minimum absolute atomic E-state index is 1.07. The van der Waals surface area contributed by atoms with Gasteiger partial charge in [0.1, 0.15) is 0 Å². The van der Waals surface area contributed by atoms with E-state index in [2.05, 4.69) is 0 Å². The predicted octanol–water partition coefficient (Wildman–Crippen LogP) is 4.11. The average molecular weight is 199 g/mol. The van der Waals surface area contributed by atoms with Gasteiger partial charge in [-0.2, -0.15) is 0 Å². The molecule has 0 aliphatic carbocycles. The molecular weight excluding hydrogens is 191 g/mol. The molecule has 0 heterocycles. The summed E-state index contributed by atoms with van der Waals surface area (Å²) in [4.78, 5) is 0. The van der Waals surface area contributed by atoms with E-state index < -0.39 is 0 Å². The summed E-state index contributed by atoms with van der Waals surface area (Å²) >= 11 is 10.9. The summed E-state index contributed by atoms with van der Waals surface area (Å²) in [6, 6.07) is 7.91. The number of hydrogen-bond donors (Lipinski definition) is 0. The third kappa shape index (κ3) is 2.72. The van der Waals surface area contributed by atoms with Gasteiger partial charge < -0.3 is 0 Å². The van der Waals surface area contributed by atoms with E-state index in [-0.39, 0.29) is 0 Å². The van der Waals surface area contributed by atoms with E-state index in [9.17, 15) is 0 Å². The molecule has 12 heavy (non-hydrogen) atoms. The smallest absolute Gasteiger partial charge is 0.00484 e. The molecule has 0 fully saturated rings. The molecule has 0 N–H and O–H groups in total. The SMILES string of the molecule is ClC=Cc1cccc(C=CCl)c1. The molecule has 0 saturated carbocycles. The van der Waals surface area contributed by atoms with Crippen LogP contribution in [-0.2, 0) is 0 Å². The van der Waals surface area contributed by atoms with E-state index in [4.69, 9.17) is 23.2 Å². The fourth-order valence-corrected chi connectivity index (χ4v) is 1.20. The van der Waals surface area contributed by atoms with Crippen LogP contribution in [0.25, 0.3) is 12.2 Å². The first kappa shape index (κ1) is 9.37. The third-order valence-electron chi connectivity index (χ3n) is 1.42. The number of hydrogen-bond acceptors (Lipinski definition) is 0. The maximum Gasteiger partial charge on any atom is 0.00484 e. The Kier molecular flexibility index (Phi) is 3.92. The van der Waals surface area contributed by atoms with Gasteiger partial charge in [0.05, 0.1) is 0 Å². The largest absolute Gasteiger partial charge is 0.0929 e. The molecule has 0 radical (unpaired) electrons. The van der Waals surface area contributed by atoms with Gasteiger partial charge in [0.25, 0.3) is 0 Å². The van der Waals surface area contributed by atoms with E-state index in [1.807, 2.05) is 36.4 Å². The molecule has 1 rings (SSSR count). The van der Waals surface area contributed by atoms with E-state index in [0.29, 0.717) is 0 Å². The molecule has 0 amide bonds. The van der Waals surface area contributed by atoms with E-state index in [1.54, 1.807) is 0 Å². The molecule has 0 aliphatic heterocycles. The molecule has 0 atom stereocenters. The zero-order valence-corrected chi connectivity index (χ0v) is 7.89. The monoisotopic (exact) mass is 198 g/mol. The Bertz CT molecular complexity index is 273. The molecule has 0 saturated heterocycles. The Morgan fingerprint density at radius 3 is 1.83 bits per heavy atom. The second-order valence-electron chi connectivity index (χ2n) is 2.26. The standard InChI is InChI=1S/C10H8Cl2/c11-6-4-9-2-1-3-10(8-9)5-7-12/h1-8H. The fraction of sp³-hybridized carbons (Fsp3) is 0. The number of rotatable bonds is 2. The molecule has 0 aromatic heterocycles. The maximum atomic E-state index is 5.44. The quantitative estimate of drug-likeness (QED) is 0.672. The molecule has 0 nitrogen and oxygen atoms in total. The lowest BCUT2D eigenvalue weighted by atomic mass is 10.1. The van der Waals surface area contributed by atoms with Gasteiger partial charge in [0.15, 0.2) is 0 Å². The molecule has 0 aliphatic rings. The molecule has 1 aromatic carbocycles. The second kappa shape index (κ2) is 5.02. The Morgan fingerprint density at radius 2 is 1.42 bits per heavy atom. The summed E-state index contributed by atoms with van der Waals surface area (Å²) in [7, 11) is 0. The van der Waals surface area contributed by atoms with Gasteiger partial charge in [-0.25, -0.2) is 0 Å². The summed E-state index contributed by atoms with van der Waals surface area (Å²) < 4.78 is 0. The highest BCUT2D eigenvalue weighted by atomic mass is 35.5. The minimum atomic E-state index is 1.07. The van der Waals surface area contributed by atoms with Crippen molar-refractivity contribution in [2.45, 2.75) is 0 Å². The number of benzene rings is 1. The zero-order valence-electron chi connectivity index (χ0n) is 6.37. The first-order chi connectivity index (χ1) is 5.86. The van der Waals surface area contributed by atoms with Gasteiger partial charge in [-0.3, -0.25) is 0 Å². The molecule has 0 spiro atoms. The fourth-order valence-electron chi connectivity index (χ4n) is 0.912. The topological polar surface area (TPSA) is 0 Å². The lowest BCUT2D eigenvalue weighted by molar-refractivity contribution is 1.62. The number of halogens is 2. The van der Waals surface area contributed by atoms with Crippen molar-refractivity contribution in [2.75, 3.05) is 0 Å². The van der Waals surface area contributed by atoms with Crippen LogP contribution in [0.15, 0.2) is 35.3 Å². The van der Waals surface area contributed by atoms with Crippen LogP contribution in [0.1, 0.15) is 11.1 Å². The van der Waals surface area contributed by atoms with Crippen molar-refractivity contribution < 1.29 is 0 Å². The van der Waals surface area contributed by atoms with Crippen molar-refractivity contribution in [1.29, 1.82) is 0 Å². The molecule has 2 heteroatoms. The zero-order chi connectivity index (χ0) is 8.81. The van der Waals surface area contributed by atoms with E-state index in [1.165, 1.54) is 11.1 Å². The van der Waals surface area contributed by atoms with Crippen molar-refractivity contribution in [3.63, 3.8) is 0 Å². The van der Waals surface area contributed by atoms with Gasteiger partial charge in [0.2, 0.25) is 0 Å². The van der Waals surface area contributed by atoms with Gasteiger partial charge in [-0.15, -0.1) is 0 Å². The molecule has 0 bridgehead atoms. The van der Waals surface area contributed by atoms with Crippen LogP contribution >= 0.6 is 23.2 Å². The van der Waals surface area contributed by atoms with Crippen LogP contribution in [0, 0.1) is 0 Å². The van der Waals surface area contributed by atoms with Crippen LogP contribution in [-0.4, -0.2) is 0 Å². The normalized spacial score (nSPS) is 11.5. The minimum Gasteiger partial charge on any atom is -0.0929 e. The third-order valence-corrected chi connectivity index (χ3v) is 1.67.